The van der Waals surface area contributed by atoms with Crippen molar-refractivity contribution >= 4 is 17.5 Å². The number of piperidine rings is 1. The maximum atomic E-state index is 11.9. The highest BCUT2D eigenvalue weighted by Gasteiger charge is 2.21. The lowest BCUT2D eigenvalue weighted by molar-refractivity contribution is -0.123. The smallest absolute Gasteiger partial charge is 0.257 e. The molecule has 0 saturated carbocycles. The van der Waals surface area contributed by atoms with E-state index >= 15 is 0 Å². The second kappa shape index (κ2) is 8.85. The molecule has 2 fully saturated rings. The molecule has 2 aliphatic heterocycles. The Hall–Kier alpha value is -2.08. The molecule has 1 aromatic carbocycles. The van der Waals surface area contributed by atoms with Crippen LogP contribution in [0.2, 0.25) is 0 Å². The van der Waals surface area contributed by atoms with Crippen molar-refractivity contribution in [3.05, 3.63) is 24.3 Å². The molecule has 1 aromatic rings. The van der Waals surface area contributed by atoms with Gasteiger partial charge in [-0.05, 0) is 44.5 Å². The molecule has 0 atom stereocenters. The van der Waals surface area contributed by atoms with Crippen LogP contribution in [0.1, 0.15) is 32.1 Å². The minimum Gasteiger partial charge on any atom is -0.484 e. The number of rotatable bonds is 7. The van der Waals surface area contributed by atoms with Crippen LogP contribution in [-0.4, -0.2) is 56.0 Å². The van der Waals surface area contributed by atoms with Crippen LogP contribution in [-0.2, 0) is 9.59 Å². The van der Waals surface area contributed by atoms with Crippen LogP contribution < -0.4 is 15.0 Å². The Balaban J connectivity index is 1.40. The van der Waals surface area contributed by atoms with Gasteiger partial charge in [-0.25, -0.2) is 0 Å². The van der Waals surface area contributed by atoms with E-state index in [-0.39, 0.29) is 18.4 Å². The first kappa shape index (κ1) is 17.7. The molecule has 0 spiro atoms. The van der Waals surface area contributed by atoms with E-state index in [1.807, 2.05) is 24.3 Å². The third kappa shape index (κ3) is 5.19. The van der Waals surface area contributed by atoms with Crippen LogP contribution in [0.25, 0.3) is 0 Å². The van der Waals surface area contributed by atoms with Gasteiger partial charge < -0.3 is 19.9 Å². The summed E-state index contributed by atoms with van der Waals surface area (Å²) < 4.78 is 5.58. The van der Waals surface area contributed by atoms with Crippen molar-refractivity contribution in [2.24, 2.45) is 0 Å². The minimum absolute atomic E-state index is 0.00258. The number of carbonyl (C=O) groups is 2. The highest BCUT2D eigenvalue weighted by molar-refractivity contribution is 5.95. The van der Waals surface area contributed by atoms with E-state index in [2.05, 4.69) is 10.2 Å². The van der Waals surface area contributed by atoms with Crippen molar-refractivity contribution in [3.63, 3.8) is 0 Å². The summed E-state index contributed by atoms with van der Waals surface area (Å²) in [6.45, 7) is 4.57. The van der Waals surface area contributed by atoms with E-state index in [4.69, 9.17) is 4.74 Å². The van der Waals surface area contributed by atoms with Gasteiger partial charge in [0.15, 0.2) is 6.61 Å². The van der Waals surface area contributed by atoms with Gasteiger partial charge in [-0.3, -0.25) is 9.59 Å². The molecule has 0 radical (unpaired) electrons. The SMILES string of the molecule is O=C(COc1cccc(N2CCCC2=O)c1)NCCN1CCCCC1. The zero-order valence-electron chi connectivity index (χ0n) is 14.7. The fourth-order valence-electron chi connectivity index (χ4n) is 3.40. The Morgan fingerprint density at radius 2 is 1.96 bits per heavy atom. The Morgan fingerprint density at radius 3 is 2.72 bits per heavy atom. The van der Waals surface area contributed by atoms with Gasteiger partial charge in [0.25, 0.3) is 5.91 Å². The summed E-state index contributed by atoms with van der Waals surface area (Å²) in [6, 6.07) is 7.38. The van der Waals surface area contributed by atoms with Gasteiger partial charge >= 0.3 is 0 Å². The summed E-state index contributed by atoms with van der Waals surface area (Å²) in [7, 11) is 0. The summed E-state index contributed by atoms with van der Waals surface area (Å²) in [4.78, 5) is 27.9. The lowest BCUT2D eigenvalue weighted by Crippen LogP contribution is -2.39. The molecule has 25 heavy (non-hydrogen) atoms. The van der Waals surface area contributed by atoms with E-state index < -0.39 is 0 Å². The number of amides is 2. The fraction of sp³-hybridized carbons (Fsp3) is 0.579. The molecular weight excluding hydrogens is 318 g/mol. The zero-order valence-corrected chi connectivity index (χ0v) is 14.7. The number of likely N-dealkylation sites (tertiary alicyclic amines) is 1. The lowest BCUT2D eigenvalue weighted by Gasteiger charge is -2.26. The topological polar surface area (TPSA) is 61.9 Å². The van der Waals surface area contributed by atoms with Gasteiger partial charge in [-0.15, -0.1) is 0 Å². The molecule has 2 amide bonds. The zero-order chi connectivity index (χ0) is 17.5. The minimum atomic E-state index is -0.111. The van der Waals surface area contributed by atoms with Crippen LogP contribution in [0.5, 0.6) is 5.75 Å². The van der Waals surface area contributed by atoms with Crippen LogP contribution in [0, 0.1) is 0 Å². The van der Waals surface area contributed by atoms with E-state index in [0.29, 0.717) is 18.7 Å². The molecule has 6 heteroatoms. The first-order valence-corrected chi connectivity index (χ1v) is 9.25. The normalized spacial score (nSPS) is 18.4. The fourth-order valence-corrected chi connectivity index (χ4v) is 3.40. The Bertz CT molecular complexity index is 599. The number of ether oxygens (including phenoxy) is 1. The Morgan fingerprint density at radius 1 is 1.12 bits per heavy atom. The van der Waals surface area contributed by atoms with Crippen molar-refractivity contribution in [3.8, 4) is 5.75 Å². The standard InChI is InChI=1S/C19H27N3O3/c23-18(20-9-13-21-10-2-1-3-11-21)15-25-17-7-4-6-16(14-17)22-12-5-8-19(22)24/h4,6-7,14H,1-3,5,8-13,15H2,(H,20,23). The van der Waals surface area contributed by atoms with Crippen LogP contribution in [0.15, 0.2) is 24.3 Å². The highest BCUT2D eigenvalue weighted by atomic mass is 16.5. The highest BCUT2D eigenvalue weighted by Crippen LogP contribution is 2.25. The second-order valence-corrected chi connectivity index (χ2v) is 6.69. The summed E-state index contributed by atoms with van der Waals surface area (Å²) in [6.07, 6.45) is 5.33. The third-order valence-corrected chi connectivity index (χ3v) is 4.77. The number of hydrogen-bond donors (Lipinski definition) is 1. The molecule has 0 aromatic heterocycles. The van der Waals surface area contributed by atoms with Crippen LogP contribution in [0.4, 0.5) is 5.69 Å². The summed E-state index contributed by atoms with van der Waals surface area (Å²) >= 11 is 0. The van der Waals surface area contributed by atoms with E-state index in [1.165, 1.54) is 19.3 Å². The van der Waals surface area contributed by atoms with Crippen molar-refractivity contribution in [2.75, 3.05) is 44.2 Å². The summed E-state index contributed by atoms with van der Waals surface area (Å²) in [5.74, 6) is 0.649. The van der Waals surface area contributed by atoms with Crippen molar-refractivity contribution < 1.29 is 14.3 Å². The number of nitrogens with zero attached hydrogens (tertiary/aromatic N) is 2. The quantitative estimate of drug-likeness (QED) is 0.818. The maximum absolute atomic E-state index is 11.9. The maximum Gasteiger partial charge on any atom is 0.257 e. The largest absolute Gasteiger partial charge is 0.484 e. The van der Waals surface area contributed by atoms with E-state index in [9.17, 15) is 9.59 Å². The molecule has 0 aliphatic carbocycles. The van der Waals surface area contributed by atoms with E-state index in [1.54, 1.807) is 4.90 Å². The van der Waals surface area contributed by atoms with Gasteiger partial charge in [0.05, 0.1) is 0 Å². The first-order chi connectivity index (χ1) is 12.2. The van der Waals surface area contributed by atoms with Crippen LogP contribution in [0.3, 0.4) is 0 Å². The molecule has 0 unspecified atom stereocenters. The molecule has 136 valence electrons. The van der Waals surface area contributed by atoms with Gasteiger partial charge in [0, 0.05) is 37.8 Å². The third-order valence-electron chi connectivity index (χ3n) is 4.77. The monoisotopic (exact) mass is 345 g/mol. The average Bonchev–Trinajstić information content (AvgIpc) is 3.07. The molecule has 2 aliphatic rings. The number of hydrogen-bond acceptors (Lipinski definition) is 4. The summed E-state index contributed by atoms with van der Waals surface area (Å²) in [5.41, 5.74) is 0.838. The second-order valence-electron chi connectivity index (χ2n) is 6.69. The van der Waals surface area contributed by atoms with Gasteiger partial charge in [-0.2, -0.15) is 0 Å². The molecule has 2 saturated heterocycles. The van der Waals surface area contributed by atoms with Gasteiger partial charge in [0.2, 0.25) is 5.91 Å². The van der Waals surface area contributed by atoms with Crippen LogP contribution >= 0.6 is 0 Å². The molecule has 2 heterocycles. The molecular formula is C19H27N3O3. The van der Waals surface area contributed by atoms with Crippen molar-refractivity contribution in [1.29, 1.82) is 0 Å². The predicted octanol–water partition coefficient (Wildman–Crippen LogP) is 1.79. The van der Waals surface area contributed by atoms with Gasteiger partial charge in [0.1, 0.15) is 5.75 Å². The average molecular weight is 345 g/mol. The van der Waals surface area contributed by atoms with Crippen molar-refractivity contribution in [2.45, 2.75) is 32.1 Å². The number of anilines is 1. The summed E-state index contributed by atoms with van der Waals surface area (Å²) in [5, 5.41) is 2.91. The number of carbonyl (C=O) groups excluding carboxylic acids is 2. The number of benzene rings is 1. The Labute approximate surface area is 149 Å². The predicted molar refractivity (Wildman–Crippen MR) is 96.8 cm³/mol. The van der Waals surface area contributed by atoms with E-state index in [0.717, 1.165) is 38.3 Å². The molecule has 6 nitrogen and oxygen atoms in total. The van der Waals surface area contributed by atoms with Gasteiger partial charge in [-0.1, -0.05) is 12.5 Å². The molecule has 3 rings (SSSR count). The first-order valence-electron chi connectivity index (χ1n) is 9.25. The molecule has 0 bridgehead atoms. The molecule has 1 N–H and O–H groups in total. The Kier molecular flexibility index (Phi) is 6.28. The lowest BCUT2D eigenvalue weighted by atomic mass is 10.1. The number of nitrogens with one attached hydrogen (secondary N) is 1. The van der Waals surface area contributed by atoms with Crippen molar-refractivity contribution in [1.82, 2.24) is 10.2 Å².